The summed E-state index contributed by atoms with van der Waals surface area (Å²) in [5.74, 6) is 2.25. The highest BCUT2D eigenvalue weighted by Crippen LogP contribution is 2.61. The molecule has 3 aliphatic carbocycles. The normalized spacial score (nSPS) is 54.0. The van der Waals surface area contributed by atoms with Crippen molar-refractivity contribution < 1.29 is 5.11 Å². The van der Waals surface area contributed by atoms with E-state index >= 15 is 0 Å². The highest BCUT2D eigenvalue weighted by atomic mass is 16.3. The highest BCUT2D eigenvalue weighted by molar-refractivity contribution is 5.09. The summed E-state index contributed by atoms with van der Waals surface area (Å²) in [6.45, 7) is 0.381. The summed E-state index contributed by atoms with van der Waals surface area (Å²) in [6.07, 6.45) is 9.25. The molecule has 86 valence electrons. The molecule has 15 heavy (non-hydrogen) atoms. The molecule has 0 heterocycles. The molecular formula is C13H23NO. The Morgan fingerprint density at radius 3 is 2.80 bits per heavy atom. The van der Waals surface area contributed by atoms with Crippen molar-refractivity contribution in [2.45, 2.75) is 51.0 Å². The van der Waals surface area contributed by atoms with Crippen LogP contribution in [0.5, 0.6) is 0 Å². The topological polar surface area (TPSA) is 46.2 Å². The Labute approximate surface area is 92.2 Å². The second-order valence-electron chi connectivity index (χ2n) is 6.17. The monoisotopic (exact) mass is 209 g/mol. The zero-order chi connectivity index (χ0) is 10.5. The Morgan fingerprint density at radius 2 is 2.13 bits per heavy atom. The lowest BCUT2D eigenvalue weighted by Crippen LogP contribution is -2.49. The zero-order valence-corrected chi connectivity index (χ0v) is 9.49. The maximum atomic E-state index is 9.35. The zero-order valence-electron chi connectivity index (χ0n) is 9.49. The summed E-state index contributed by atoms with van der Waals surface area (Å²) < 4.78 is 0. The lowest BCUT2D eigenvalue weighted by Gasteiger charge is -2.47. The predicted octanol–water partition coefficient (Wildman–Crippen LogP) is 1.91. The summed E-state index contributed by atoms with van der Waals surface area (Å²) in [5, 5.41) is 9.35. The minimum atomic E-state index is 0.381. The molecule has 1 spiro atoms. The van der Waals surface area contributed by atoms with Crippen molar-refractivity contribution in [3.63, 3.8) is 0 Å². The molecule has 3 rings (SSSR count). The smallest absolute Gasteiger partial charge is 0.0459 e. The average Bonchev–Trinajstić information content (AvgIpc) is 2.84. The quantitative estimate of drug-likeness (QED) is 0.693. The standard InChI is InChI=1S/C13H23NO/c14-12-10-3-4-11(6-10)13(12)5-1-2-9(7-13)8-15/h9-12,15H,1-8,14H2/t9-,10+,11-,12?,13+/m0/s1. The van der Waals surface area contributed by atoms with Gasteiger partial charge in [-0.2, -0.15) is 0 Å². The van der Waals surface area contributed by atoms with E-state index in [-0.39, 0.29) is 0 Å². The third-order valence-electron chi connectivity index (χ3n) is 5.64. The van der Waals surface area contributed by atoms with E-state index in [4.69, 9.17) is 5.73 Å². The van der Waals surface area contributed by atoms with Crippen LogP contribution < -0.4 is 5.73 Å². The van der Waals surface area contributed by atoms with Crippen molar-refractivity contribution in [2.24, 2.45) is 28.9 Å². The minimum absolute atomic E-state index is 0.381. The van der Waals surface area contributed by atoms with E-state index in [0.717, 1.165) is 11.8 Å². The van der Waals surface area contributed by atoms with Gasteiger partial charge in [-0.25, -0.2) is 0 Å². The number of nitrogens with two attached hydrogens (primary N) is 1. The van der Waals surface area contributed by atoms with Gasteiger partial charge in [-0.3, -0.25) is 0 Å². The maximum absolute atomic E-state index is 9.35. The van der Waals surface area contributed by atoms with Gasteiger partial charge in [0.05, 0.1) is 0 Å². The number of aliphatic hydroxyl groups excluding tert-OH is 1. The lowest BCUT2D eigenvalue weighted by molar-refractivity contribution is 0.0292. The Balaban J connectivity index is 1.83. The summed E-state index contributed by atoms with van der Waals surface area (Å²) >= 11 is 0. The van der Waals surface area contributed by atoms with Crippen molar-refractivity contribution in [1.29, 1.82) is 0 Å². The molecule has 0 saturated heterocycles. The second kappa shape index (κ2) is 3.46. The first-order valence-electron chi connectivity index (χ1n) is 6.63. The molecule has 0 aromatic heterocycles. The first kappa shape index (κ1) is 10.1. The van der Waals surface area contributed by atoms with Gasteiger partial charge in [-0.15, -0.1) is 0 Å². The summed E-state index contributed by atoms with van der Waals surface area (Å²) in [4.78, 5) is 0. The molecule has 1 unspecified atom stereocenters. The van der Waals surface area contributed by atoms with Crippen LogP contribution >= 0.6 is 0 Å². The Morgan fingerprint density at radius 1 is 1.27 bits per heavy atom. The van der Waals surface area contributed by atoms with Crippen LogP contribution in [0.25, 0.3) is 0 Å². The van der Waals surface area contributed by atoms with Crippen LogP contribution in [-0.2, 0) is 0 Å². The van der Waals surface area contributed by atoms with E-state index in [2.05, 4.69) is 0 Å². The Kier molecular flexibility index (Phi) is 2.33. The fourth-order valence-electron chi connectivity index (χ4n) is 4.90. The predicted molar refractivity (Wildman–Crippen MR) is 60.3 cm³/mol. The van der Waals surface area contributed by atoms with Gasteiger partial charge in [-0.1, -0.05) is 6.42 Å². The molecular weight excluding hydrogens is 186 g/mol. The number of rotatable bonds is 1. The molecule has 0 amide bonds. The minimum Gasteiger partial charge on any atom is -0.396 e. The highest BCUT2D eigenvalue weighted by Gasteiger charge is 2.57. The lowest BCUT2D eigenvalue weighted by atomic mass is 9.60. The van der Waals surface area contributed by atoms with Crippen molar-refractivity contribution in [3.8, 4) is 0 Å². The van der Waals surface area contributed by atoms with Crippen LogP contribution in [-0.4, -0.2) is 17.8 Å². The van der Waals surface area contributed by atoms with Gasteiger partial charge in [0.1, 0.15) is 0 Å². The molecule has 3 aliphatic rings. The Hall–Kier alpha value is -0.0800. The van der Waals surface area contributed by atoms with Crippen molar-refractivity contribution in [1.82, 2.24) is 0 Å². The number of hydrogen-bond acceptors (Lipinski definition) is 2. The first-order chi connectivity index (χ1) is 7.26. The van der Waals surface area contributed by atoms with Crippen molar-refractivity contribution >= 4 is 0 Å². The second-order valence-corrected chi connectivity index (χ2v) is 6.17. The van der Waals surface area contributed by atoms with Crippen LogP contribution in [0.15, 0.2) is 0 Å². The maximum Gasteiger partial charge on any atom is 0.0459 e. The van der Waals surface area contributed by atoms with E-state index in [0.29, 0.717) is 24.0 Å². The third-order valence-corrected chi connectivity index (χ3v) is 5.64. The van der Waals surface area contributed by atoms with Gasteiger partial charge in [0.15, 0.2) is 0 Å². The van der Waals surface area contributed by atoms with Gasteiger partial charge in [-0.05, 0) is 61.7 Å². The van der Waals surface area contributed by atoms with Gasteiger partial charge >= 0.3 is 0 Å². The Bertz CT molecular complexity index is 251. The molecule has 2 heteroatoms. The molecule has 2 bridgehead atoms. The molecule has 0 aromatic rings. The number of aliphatic hydroxyl groups is 1. The van der Waals surface area contributed by atoms with E-state index < -0.39 is 0 Å². The third kappa shape index (κ3) is 1.31. The van der Waals surface area contributed by atoms with Crippen LogP contribution in [0.4, 0.5) is 0 Å². The molecule has 0 aliphatic heterocycles. The number of hydrogen-bond donors (Lipinski definition) is 2. The largest absolute Gasteiger partial charge is 0.396 e. The van der Waals surface area contributed by atoms with Crippen LogP contribution in [0, 0.1) is 23.2 Å². The van der Waals surface area contributed by atoms with Crippen LogP contribution in [0.2, 0.25) is 0 Å². The van der Waals surface area contributed by atoms with Gasteiger partial charge < -0.3 is 10.8 Å². The SMILES string of the molecule is NC1[C@@H]2CC[C@@H](C2)[C@]12CCC[C@H](CO)C2. The van der Waals surface area contributed by atoms with Crippen molar-refractivity contribution in [2.75, 3.05) is 6.61 Å². The van der Waals surface area contributed by atoms with Crippen molar-refractivity contribution in [3.05, 3.63) is 0 Å². The molecule has 2 nitrogen and oxygen atoms in total. The fraction of sp³-hybridized carbons (Fsp3) is 1.00. The fourth-order valence-corrected chi connectivity index (χ4v) is 4.90. The average molecular weight is 209 g/mol. The van der Waals surface area contributed by atoms with E-state index in [9.17, 15) is 5.11 Å². The van der Waals surface area contributed by atoms with Crippen LogP contribution in [0.1, 0.15) is 44.9 Å². The molecule has 3 N–H and O–H groups in total. The molecule has 3 saturated carbocycles. The van der Waals surface area contributed by atoms with Crippen LogP contribution in [0.3, 0.4) is 0 Å². The van der Waals surface area contributed by atoms with E-state index in [1.54, 1.807) is 0 Å². The summed E-state index contributed by atoms with van der Waals surface area (Å²) in [7, 11) is 0. The number of fused-ring (bicyclic) bond motifs is 3. The molecule has 0 aromatic carbocycles. The van der Waals surface area contributed by atoms with E-state index in [1.807, 2.05) is 0 Å². The van der Waals surface area contributed by atoms with Gasteiger partial charge in [0.2, 0.25) is 0 Å². The molecule has 3 fully saturated rings. The van der Waals surface area contributed by atoms with Gasteiger partial charge in [0, 0.05) is 12.6 Å². The van der Waals surface area contributed by atoms with E-state index in [1.165, 1.54) is 44.9 Å². The first-order valence-corrected chi connectivity index (χ1v) is 6.63. The van der Waals surface area contributed by atoms with Gasteiger partial charge in [0.25, 0.3) is 0 Å². The molecule has 0 radical (unpaired) electrons. The molecule has 5 atom stereocenters. The summed E-state index contributed by atoms with van der Waals surface area (Å²) in [5.41, 5.74) is 6.90. The summed E-state index contributed by atoms with van der Waals surface area (Å²) in [6, 6.07) is 0.450.